The third-order valence-electron chi connectivity index (χ3n) is 3.77. The number of nitrogens with zero attached hydrogens (tertiary/aromatic N) is 2. The summed E-state index contributed by atoms with van der Waals surface area (Å²) in [6.07, 6.45) is 1.70. The molecule has 1 unspecified atom stereocenters. The zero-order chi connectivity index (χ0) is 11.8. The monoisotopic (exact) mass is 231 g/mol. The number of carbonyl (C=O) groups excluding carboxylic acids is 1. The van der Waals surface area contributed by atoms with Crippen LogP contribution < -0.4 is 10.6 Å². The Labute approximate surface area is 101 Å². The number of fused-ring (bicyclic) bond motifs is 1. The molecule has 90 valence electrons. The normalized spacial score (nSPS) is 24.0. The second-order valence-corrected chi connectivity index (χ2v) is 4.78. The van der Waals surface area contributed by atoms with Crippen LogP contribution in [0, 0.1) is 0 Å². The molecule has 0 spiro atoms. The molecule has 2 heterocycles. The summed E-state index contributed by atoms with van der Waals surface area (Å²) in [5.41, 5.74) is 7.92. The maximum atomic E-state index is 11.6. The zero-order valence-electron chi connectivity index (χ0n) is 9.80. The minimum absolute atomic E-state index is 0.315. The van der Waals surface area contributed by atoms with Crippen molar-refractivity contribution in [2.75, 3.05) is 30.3 Å². The molecular formula is C13H17N3O. The van der Waals surface area contributed by atoms with Crippen LogP contribution in [0.15, 0.2) is 24.3 Å². The van der Waals surface area contributed by atoms with Gasteiger partial charge in [0.05, 0.1) is 11.4 Å². The molecule has 2 fully saturated rings. The van der Waals surface area contributed by atoms with E-state index in [-0.39, 0.29) is 0 Å². The second kappa shape index (κ2) is 3.95. The molecule has 2 aliphatic rings. The highest BCUT2D eigenvalue weighted by Gasteiger charge is 2.35. The third kappa shape index (κ3) is 1.73. The van der Waals surface area contributed by atoms with Crippen molar-refractivity contribution in [3.63, 3.8) is 0 Å². The van der Waals surface area contributed by atoms with Crippen molar-refractivity contribution < 1.29 is 4.79 Å². The van der Waals surface area contributed by atoms with Gasteiger partial charge in [-0.3, -0.25) is 4.79 Å². The fourth-order valence-corrected chi connectivity index (χ4v) is 2.86. The van der Waals surface area contributed by atoms with E-state index in [1.807, 2.05) is 23.1 Å². The van der Waals surface area contributed by atoms with Crippen LogP contribution in [0.4, 0.5) is 11.4 Å². The highest BCUT2D eigenvalue weighted by atomic mass is 16.2. The van der Waals surface area contributed by atoms with Gasteiger partial charge in [0.2, 0.25) is 5.91 Å². The lowest BCUT2D eigenvalue weighted by atomic mass is 10.1. The molecule has 1 amide bonds. The molecule has 4 nitrogen and oxygen atoms in total. The van der Waals surface area contributed by atoms with Crippen LogP contribution in [0.25, 0.3) is 0 Å². The lowest BCUT2D eigenvalue weighted by Gasteiger charge is -2.39. The maximum Gasteiger partial charge on any atom is 0.223 e. The standard InChI is InChI=1S/C13H17N3O/c14-11-3-1-2-4-12(11)15-7-8-16-10(9-15)5-6-13(16)17/h1-4,10H,5-9,14H2. The van der Waals surface area contributed by atoms with Gasteiger partial charge in [-0.1, -0.05) is 12.1 Å². The minimum Gasteiger partial charge on any atom is -0.397 e. The summed E-state index contributed by atoms with van der Waals surface area (Å²) in [7, 11) is 0. The van der Waals surface area contributed by atoms with Gasteiger partial charge in [0, 0.05) is 32.1 Å². The average molecular weight is 231 g/mol. The fraction of sp³-hybridized carbons (Fsp3) is 0.462. The highest BCUT2D eigenvalue weighted by molar-refractivity contribution is 5.79. The lowest BCUT2D eigenvalue weighted by Crippen LogP contribution is -2.51. The maximum absolute atomic E-state index is 11.6. The number of rotatable bonds is 1. The van der Waals surface area contributed by atoms with Gasteiger partial charge in [-0.15, -0.1) is 0 Å². The van der Waals surface area contributed by atoms with Crippen molar-refractivity contribution in [3.05, 3.63) is 24.3 Å². The Morgan fingerprint density at radius 2 is 2.06 bits per heavy atom. The summed E-state index contributed by atoms with van der Waals surface area (Å²) in [5.74, 6) is 0.315. The van der Waals surface area contributed by atoms with E-state index in [0.29, 0.717) is 18.4 Å². The highest BCUT2D eigenvalue weighted by Crippen LogP contribution is 2.29. The smallest absolute Gasteiger partial charge is 0.223 e. The van der Waals surface area contributed by atoms with Crippen molar-refractivity contribution in [1.29, 1.82) is 0 Å². The van der Waals surface area contributed by atoms with Crippen LogP contribution in [0.1, 0.15) is 12.8 Å². The summed E-state index contributed by atoms with van der Waals surface area (Å²) in [4.78, 5) is 15.9. The molecule has 1 aromatic carbocycles. The predicted octanol–water partition coefficient (Wildman–Crippen LogP) is 1.08. The number of nitrogen functional groups attached to an aromatic ring is 1. The van der Waals surface area contributed by atoms with Crippen molar-refractivity contribution in [2.24, 2.45) is 0 Å². The van der Waals surface area contributed by atoms with E-state index in [2.05, 4.69) is 11.0 Å². The first-order chi connectivity index (χ1) is 8.25. The number of para-hydroxylation sites is 2. The summed E-state index contributed by atoms with van der Waals surface area (Å²) in [6.45, 7) is 2.63. The van der Waals surface area contributed by atoms with Crippen molar-refractivity contribution in [1.82, 2.24) is 4.90 Å². The first-order valence-electron chi connectivity index (χ1n) is 6.14. The Morgan fingerprint density at radius 1 is 1.24 bits per heavy atom. The van der Waals surface area contributed by atoms with Gasteiger partial charge in [-0.05, 0) is 18.6 Å². The fourth-order valence-electron chi connectivity index (χ4n) is 2.86. The van der Waals surface area contributed by atoms with Crippen LogP contribution in [-0.4, -0.2) is 36.5 Å². The molecule has 3 rings (SSSR count). The van der Waals surface area contributed by atoms with Crippen molar-refractivity contribution in [2.45, 2.75) is 18.9 Å². The molecule has 2 aliphatic heterocycles. The van der Waals surface area contributed by atoms with E-state index in [4.69, 9.17) is 5.73 Å². The van der Waals surface area contributed by atoms with Crippen molar-refractivity contribution in [3.8, 4) is 0 Å². The number of amides is 1. The minimum atomic E-state index is 0.315. The van der Waals surface area contributed by atoms with Gasteiger partial charge in [0.25, 0.3) is 0 Å². The number of hydrogen-bond acceptors (Lipinski definition) is 3. The van der Waals surface area contributed by atoms with Gasteiger partial charge in [-0.2, -0.15) is 0 Å². The van der Waals surface area contributed by atoms with Crippen LogP contribution in [0.5, 0.6) is 0 Å². The first-order valence-corrected chi connectivity index (χ1v) is 6.14. The number of nitrogens with two attached hydrogens (primary N) is 1. The number of carbonyl (C=O) groups is 1. The topological polar surface area (TPSA) is 49.6 Å². The molecule has 4 heteroatoms. The summed E-state index contributed by atoms with van der Waals surface area (Å²) in [6, 6.07) is 8.34. The summed E-state index contributed by atoms with van der Waals surface area (Å²) in [5, 5.41) is 0. The number of benzene rings is 1. The summed E-state index contributed by atoms with van der Waals surface area (Å²) < 4.78 is 0. The Hall–Kier alpha value is -1.71. The first kappa shape index (κ1) is 10.4. The molecule has 17 heavy (non-hydrogen) atoms. The Bertz CT molecular complexity index is 446. The van der Waals surface area contributed by atoms with Gasteiger partial charge >= 0.3 is 0 Å². The van der Waals surface area contributed by atoms with E-state index in [1.54, 1.807) is 0 Å². The zero-order valence-corrected chi connectivity index (χ0v) is 9.80. The van der Waals surface area contributed by atoms with E-state index in [0.717, 1.165) is 37.4 Å². The van der Waals surface area contributed by atoms with Gasteiger partial charge in [0.15, 0.2) is 0 Å². The molecule has 0 radical (unpaired) electrons. The van der Waals surface area contributed by atoms with E-state index < -0.39 is 0 Å². The number of piperazine rings is 1. The molecule has 0 aliphatic carbocycles. The number of anilines is 2. The van der Waals surface area contributed by atoms with Gasteiger partial charge in [0.1, 0.15) is 0 Å². The Balaban J connectivity index is 1.80. The van der Waals surface area contributed by atoms with Crippen LogP contribution in [0.2, 0.25) is 0 Å². The molecule has 1 atom stereocenters. The van der Waals surface area contributed by atoms with E-state index >= 15 is 0 Å². The molecule has 2 N–H and O–H groups in total. The molecule has 1 aromatic rings. The third-order valence-corrected chi connectivity index (χ3v) is 3.77. The Morgan fingerprint density at radius 3 is 2.88 bits per heavy atom. The molecule has 0 bridgehead atoms. The van der Waals surface area contributed by atoms with Crippen molar-refractivity contribution >= 4 is 17.3 Å². The second-order valence-electron chi connectivity index (χ2n) is 4.78. The predicted molar refractivity (Wildman–Crippen MR) is 67.8 cm³/mol. The van der Waals surface area contributed by atoms with E-state index in [9.17, 15) is 4.79 Å². The number of hydrogen-bond donors (Lipinski definition) is 1. The summed E-state index contributed by atoms with van der Waals surface area (Å²) >= 11 is 0. The van der Waals surface area contributed by atoms with Crippen LogP contribution >= 0.6 is 0 Å². The molecule has 0 aromatic heterocycles. The van der Waals surface area contributed by atoms with Crippen LogP contribution in [-0.2, 0) is 4.79 Å². The molecule has 2 saturated heterocycles. The largest absolute Gasteiger partial charge is 0.397 e. The molecule has 0 saturated carbocycles. The van der Waals surface area contributed by atoms with Crippen LogP contribution in [0.3, 0.4) is 0 Å². The van der Waals surface area contributed by atoms with Gasteiger partial charge in [-0.25, -0.2) is 0 Å². The Kier molecular flexibility index (Phi) is 2.42. The SMILES string of the molecule is Nc1ccccc1N1CCN2C(=O)CCC2C1. The quantitative estimate of drug-likeness (QED) is 0.736. The average Bonchev–Trinajstić information content (AvgIpc) is 2.71. The molecular weight excluding hydrogens is 214 g/mol. The van der Waals surface area contributed by atoms with E-state index in [1.165, 1.54) is 0 Å². The van der Waals surface area contributed by atoms with Gasteiger partial charge < -0.3 is 15.5 Å². The lowest BCUT2D eigenvalue weighted by molar-refractivity contribution is -0.129.